The van der Waals surface area contributed by atoms with Crippen molar-refractivity contribution in [1.29, 1.82) is 0 Å². The Morgan fingerprint density at radius 3 is 2.54 bits per heavy atom. The Kier molecular flexibility index (Phi) is 4.65. The third-order valence-electron chi connectivity index (χ3n) is 3.98. The Balaban J connectivity index is 1.82. The van der Waals surface area contributed by atoms with Crippen LogP contribution in [0.1, 0.15) is 23.6 Å². The van der Waals surface area contributed by atoms with Gasteiger partial charge in [-0.25, -0.2) is 0 Å². The number of aryl methyl sites for hydroxylation is 1. The minimum atomic E-state index is 0.253. The van der Waals surface area contributed by atoms with Crippen LogP contribution in [0, 0.1) is 6.92 Å². The van der Waals surface area contributed by atoms with Gasteiger partial charge in [-0.05, 0) is 49.6 Å². The summed E-state index contributed by atoms with van der Waals surface area (Å²) in [6.07, 6.45) is 0.744. The molecule has 0 N–H and O–H groups in total. The number of benzene rings is 2. The van der Waals surface area contributed by atoms with Gasteiger partial charge in [-0.1, -0.05) is 18.2 Å². The van der Waals surface area contributed by atoms with E-state index in [4.69, 9.17) is 18.9 Å². The quantitative estimate of drug-likeness (QED) is 0.736. The third-order valence-corrected chi connectivity index (χ3v) is 3.98. The van der Waals surface area contributed by atoms with Crippen LogP contribution in [0.3, 0.4) is 0 Å². The van der Waals surface area contributed by atoms with Crippen LogP contribution < -0.4 is 18.9 Å². The van der Waals surface area contributed by atoms with E-state index < -0.39 is 0 Å². The maximum Gasteiger partial charge on any atom is 0.231 e. The van der Waals surface area contributed by atoms with Crippen LogP contribution in [0.5, 0.6) is 23.0 Å². The molecule has 0 radical (unpaired) electrons. The standard InChI is InChI=1S/C20H22O4/c1-13(2)7-16-9-19-20(24-12-23-19)10-18(16)22-11-15-5-6-17(21-4)8-14(15)3/h5-6,8-10H,1,7,11-12H2,2-4H3. The highest BCUT2D eigenvalue weighted by molar-refractivity contribution is 5.52. The van der Waals surface area contributed by atoms with Crippen molar-refractivity contribution < 1.29 is 18.9 Å². The van der Waals surface area contributed by atoms with E-state index in [0.717, 1.165) is 51.7 Å². The molecule has 1 aliphatic rings. The first kappa shape index (κ1) is 16.2. The molecule has 0 amide bonds. The molecule has 4 nitrogen and oxygen atoms in total. The molecular weight excluding hydrogens is 304 g/mol. The van der Waals surface area contributed by atoms with Gasteiger partial charge in [-0.3, -0.25) is 0 Å². The van der Waals surface area contributed by atoms with Crippen LogP contribution in [0.25, 0.3) is 0 Å². The van der Waals surface area contributed by atoms with Gasteiger partial charge in [-0.2, -0.15) is 0 Å². The smallest absolute Gasteiger partial charge is 0.231 e. The molecule has 126 valence electrons. The van der Waals surface area contributed by atoms with Crippen molar-refractivity contribution in [2.45, 2.75) is 26.9 Å². The molecule has 1 heterocycles. The van der Waals surface area contributed by atoms with Crippen LogP contribution in [-0.4, -0.2) is 13.9 Å². The van der Waals surface area contributed by atoms with Crippen molar-refractivity contribution in [3.8, 4) is 23.0 Å². The lowest BCUT2D eigenvalue weighted by Crippen LogP contribution is -2.01. The molecule has 0 spiro atoms. The molecule has 2 aromatic carbocycles. The molecule has 0 atom stereocenters. The van der Waals surface area contributed by atoms with E-state index in [9.17, 15) is 0 Å². The lowest BCUT2D eigenvalue weighted by molar-refractivity contribution is 0.173. The van der Waals surface area contributed by atoms with Gasteiger partial charge < -0.3 is 18.9 Å². The zero-order chi connectivity index (χ0) is 17.1. The molecule has 2 aromatic rings. The van der Waals surface area contributed by atoms with Crippen LogP contribution in [-0.2, 0) is 13.0 Å². The zero-order valence-corrected chi connectivity index (χ0v) is 14.3. The Morgan fingerprint density at radius 1 is 1.12 bits per heavy atom. The molecule has 0 aliphatic carbocycles. The SMILES string of the molecule is C=C(C)Cc1cc2c(cc1OCc1ccc(OC)cc1C)OCO2. The lowest BCUT2D eigenvalue weighted by atomic mass is 10.1. The number of rotatable bonds is 6. The average Bonchev–Trinajstić information content (AvgIpc) is 3.00. The van der Waals surface area contributed by atoms with Gasteiger partial charge in [0.05, 0.1) is 7.11 Å². The van der Waals surface area contributed by atoms with Crippen molar-refractivity contribution >= 4 is 0 Å². The fraction of sp³-hybridized carbons (Fsp3) is 0.300. The summed E-state index contributed by atoms with van der Waals surface area (Å²) in [7, 11) is 1.67. The molecule has 24 heavy (non-hydrogen) atoms. The highest BCUT2D eigenvalue weighted by atomic mass is 16.7. The fourth-order valence-corrected chi connectivity index (χ4v) is 2.68. The minimum absolute atomic E-state index is 0.253. The Labute approximate surface area is 142 Å². The molecule has 0 aromatic heterocycles. The summed E-state index contributed by atoms with van der Waals surface area (Å²) in [5.41, 5.74) is 4.38. The number of allylic oxidation sites excluding steroid dienone is 1. The molecule has 4 heteroatoms. The van der Waals surface area contributed by atoms with Gasteiger partial charge >= 0.3 is 0 Å². The van der Waals surface area contributed by atoms with E-state index in [1.807, 2.05) is 37.3 Å². The van der Waals surface area contributed by atoms with Gasteiger partial charge in [0.25, 0.3) is 0 Å². The van der Waals surface area contributed by atoms with Crippen LogP contribution in [0.2, 0.25) is 0 Å². The summed E-state index contributed by atoms with van der Waals surface area (Å²) >= 11 is 0. The summed E-state index contributed by atoms with van der Waals surface area (Å²) < 4.78 is 22.3. The molecule has 0 unspecified atom stereocenters. The van der Waals surface area contributed by atoms with Crippen molar-refractivity contribution in [2.75, 3.05) is 13.9 Å². The monoisotopic (exact) mass is 326 g/mol. The molecule has 0 bridgehead atoms. The maximum absolute atomic E-state index is 6.09. The van der Waals surface area contributed by atoms with Crippen molar-refractivity contribution in [2.24, 2.45) is 0 Å². The fourth-order valence-electron chi connectivity index (χ4n) is 2.68. The first-order chi connectivity index (χ1) is 11.6. The number of ether oxygens (including phenoxy) is 4. The summed E-state index contributed by atoms with van der Waals surface area (Å²) in [4.78, 5) is 0. The second-order valence-corrected chi connectivity index (χ2v) is 6.03. The molecule has 0 fully saturated rings. The van der Waals surface area contributed by atoms with E-state index in [-0.39, 0.29) is 6.79 Å². The minimum Gasteiger partial charge on any atom is -0.497 e. The van der Waals surface area contributed by atoms with Gasteiger partial charge in [0.15, 0.2) is 11.5 Å². The highest BCUT2D eigenvalue weighted by Gasteiger charge is 2.18. The molecular formula is C20H22O4. The van der Waals surface area contributed by atoms with Crippen molar-refractivity contribution in [1.82, 2.24) is 0 Å². The maximum atomic E-state index is 6.09. The first-order valence-electron chi connectivity index (χ1n) is 7.90. The average molecular weight is 326 g/mol. The lowest BCUT2D eigenvalue weighted by Gasteiger charge is -2.14. The second kappa shape index (κ2) is 6.87. The predicted molar refractivity (Wildman–Crippen MR) is 93.1 cm³/mol. The van der Waals surface area contributed by atoms with Gasteiger partial charge in [0.1, 0.15) is 18.1 Å². The zero-order valence-electron chi connectivity index (χ0n) is 14.3. The van der Waals surface area contributed by atoms with Gasteiger partial charge in [0.2, 0.25) is 6.79 Å². The Hall–Kier alpha value is -2.62. The number of hydrogen-bond acceptors (Lipinski definition) is 4. The normalized spacial score (nSPS) is 12.1. The van der Waals surface area contributed by atoms with Crippen LogP contribution in [0.4, 0.5) is 0 Å². The van der Waals surface area contributed by atoms with Crippen LogP contribution >= 0.6 is 0 Å². The predicted octanol–water partition coefficient (Wildman–Crippen LogP) is 4.43. The van der Waals surface area contributed by atoms with E-state index in [1.54, 1.807) is 7.11 Å². The molecule has 0 saturated carbocycles. The Bertz CT molecular complexity index is 764. The van der Waals surface area contributed by atoms with Gasteiger partial charge in [-0.15, -0.1) is 0 Å². The summed E-state index contributed by atoms with van der Waals surface area (Å²) in [6.45, 7) is 8.79. The van der Waals surface area contributed by atoms with E-state index in [0.29, 0.717) is 6.61 Å². The molecule has 3 rings (SSSR count). The van der Waals surface area contributed by atoms with Crippen molar-refractivity contribution in [3.05, 3.63) is 59.2 Å². The summed E-state index contributed by atoms with van der Waals surface area (Å²) in [5, 5.41) is 0. The largest absolute Gasteiger partial charge is 0.497 e. The first-order valence-corrected chi connectivity index (χ1v) is 7.90. The van der Waals surface area contributed by atoms with Crippen LogP contribution in [0.15, 0.2) is 42.5 Å². The second-order valence-electron chi connectivity index (χ2n) is 6.03. The summed E-state index contributed by atoms with van der Waals surface area (Å²) in [5.74, 6) is 3.14. The van der Waals surface area contributed by atoms with E-state index in [1.165, 1.54) is 0 Å². The number of hydrogen-bond donors (Lipinski definition) is 0. The third kappa shape index (κ3) is 3.48. The number of fused-ring (bicyclic) bond motifs is 1. The highest BCUT2D eigenvalue weighted by Crippen LogP contribution is 2.39. The van der Waals surface area contributed by atoms with Gasteiger partial charge in [0, 0.05) is 11.6 Å². The number of methoxy groups -OCH3 is 1. The molecule has 1 aliphatic heterocycles. The molecule has 0 saturated heterocycles. The topological polar surface area (TPSA) is 36.9 Å². The Morgan fingerprint density at radius 2 is 1.88 bits per heavy atom. The van der Waals surface area contributed by atoms with E-state index >= 15 is 0 Å². The summed E-state index contributed by atoms with van der Waals surface area (Å²) in [6, 6.07) is 9.86. The van der Waals surface area contributed by atoms with Crippen molar-refractivity contribution in [3.63, 3.8) is 0 Å². The van der Waals surface area contributed by atoms with E-state index in [2.05, 4.69) is 13.5 Å².